The number of piperidine rings is 1. The van der Waals surface area contributed by atoms with Crippen molar-refractivity contribution in [2.75, 3.05) is 27.9 Å². The van der Waals surface area contributed by atoms with Crippen LogP contribution in [0.15, 0.2) is 30.3 Å². The zero-order chi connectivity index (χ0) is 20.1. The van der Waals surface area contributed by atoms with E-state index in [1.54, 1.807) is 21.3 Å². The largest absolute Gasteiger partial charge is 0.497 e. The Balaban J connectivity index is 1.89. The average Bonchev–Trinajstić information content (AvgIpc) is 2.77. The second-order valence-electron chi connectivity index (χ2n) is 8.03. The zero-order valence-corrected chi connectivity index (χ0v) is 17.2. The molecule has 5 rings (SSSR count). The van der Waals surface area contributed by atoms with Crippen molar-refractivity contribution in [2.24, 2.45) is 0 Å². The quantitative estimate of drug-likeness (QED) is 0.668. The number of methoxy groups -OCH3 is 3. The predicted octanol–water partition coefficient (Wildman–Crippen LogP) is 4.42. The van der Waals surface area contributed by atoms with Gasteiger partial charge in [0.25, 0.3) is 0 Å². The molecular weight excluding hydrogens is 366 g/mol. The molecule has 5 heteroatoms. The second kappa shape index (κ2) is 7.08. The molecule has 2 aliphatic heterocycles. The maximum absolute atomic E-state index is 11.5. The second-order valence-corrected chi connectivity index (χ2v) is 8.03. The number of nitrogens with zero attached hydrogens (tertiary/aromatic N) is 1. The molecular formula is C24H27NO4. The third-order valence-electron chi connectivity index (χ3n) is 6.67. The summed E-state index contributed by atoms with van der Waals surface area (Å²) in [5.74, 6) is 2.19. The summed E-state index contributed by atoms with van der Waals surface area (Å²) >= 11 is 0. The lowest BCUT2D eigenvalue weighted by Crippen LogP contribution is -2.46. The van der Waals surface area contributed by atoms with E-state index in [9.17, 15) is 5.11 Å². The van der Waals surface area contributed by atoms with Crippen LogP contribution in [0.3, 0.4) is 0 Å². The smallest absolute Gasteiger partial charge is 0.161 e. The van der Waals surface area contributed by atoms with E-state index in [-0.39, 0.29) is 6.04 Å². The van der Waals surface area contributed by atoms with E-state index < -0.39 is 6.10 Å². The summed E-state index contributed by atoms with van der Waals surface area (Å²) in [6, 6.07) is 10.4. The molecule has 5 nitrogen and oxygen atoms in total. The van der Waals surface area contributed by atoms with Crippen LogP contribution < -0.4 is 14.2 Å². The Bertz CT molecular complexity index is 1090. The molecule has 1 saturated heterocycles. The zero-order valence-electron chi connectivity index (χ0n) is 17.2. The van der Waals surface area contributed by atoms with Gasteiger partial charge < -0.3 is 19.3 Å². The van der Waals surface area contributed by atoms with Crippen molar-refractivity contribution in [1.29, 1.82) is 0 Å². The van der Waals surface area contributed by atoms with Gasteiger partial charge in [-0.25, -0.2) is 0 Å². The Morgan fingerprint density at radius 2 is 1.59 bits per heavy atom. The van der Waals surface area contributed by atoms with Gasteiger partial charge in [0.15, 0.2) is 11.5 Å². The maximum Gasteiger partial charge on any atom is 0.161 e. The summed E-state index contributed by atoms with van der Waals surface area (Å²) in [5.41, 5.74) is 2.26. The fourth-order valence-corrected chi connectivity index (χ4v) is 5.24. The molecule has 0 bridgehead atoms. The van der Waals surface area contributed by atoms with Crippen molar-refractivity contribution in [3.8, 4) is 17.2 Å². The Kier molecular flexibility index (Phi) is 4.52. The number of aliphatic hydroxyl groups is 1. The molecule has 1 N–H and O–H groups in total. The van der Waals surface area contributed by atoms with Gasteiger partial charge in [-0.15, -0.1) is 0 Å². The number of ether oxygens (including phenoxy) is 3. The van der Waals surface area contributed by atoms with Gasteiger partial charge >= 0.3 is 0 Å². The normalized spacial score (nSPS) is 21.7. The molecule has 0 aliphatic carbocycles. The molecule has 152 valence electrons. The Morgan fingerprint density at radius 3 is 2.31 bits per heavy atom. The Labute approximate surface area is 170 Å². The van der Waals surface area contributed by atoms with Crippen molar-refractivity contribution in [3.63, 3.8) is 0 Å². The molecule has 3 aromatic carbocycles. The van der Waals surface area contributed by atoms with Gasteiger partial charge in [0.05, 0.1) is 27.4 Å². The van der Waals surface area contributed by atoms with E-state index in [4.69, 9.17) is 14.2 Å². The SMILES string of the molecule is COc1ccc2c3c(c4cc(OC)c(OC)cc4c2c1)C(O)[C@@H]1CCCCN1C3. The summed E-state index contributed by atoms with van der Waals surface area (Å²) in [6.45, 7) is 1.91. The third-order valence-corrected chi connectivity index (χ3v) is 6.67. The standard InChI is InChI=1S/C24H27NO4/c1-27-14-7-8-15-16(10-14)17-11-21(28-2)22(29-3)12-18(17)23-19(15)13-25-9-5-4-6-20(25)24(23)26/h7-8,10-12,20,24,26H,4-6,9,13H2,1-3H3/t20-,24?/m0/s1. The molecule has 2 atom stereocenters. The molecule has 0 saturated carbocycles. The summed E-state index contributed by atoms with van der Waals surface area (Å²) in [7, 11) is 4.99. The fourth-order valence-electron chi connectivity index (χ4n) is 5.24. The first kappa shape index (κ1) is 18.5. The minimum Gasteiger partial charge on any atom is -0.497 e. The van der Waals surface area contributed by atoms with Crippen LogP contribution in [0.4, 0.5) is 0 Å². The van der Waals surface area contributed by atoms with Crippen LogP contribution in [-0.4, -0.2) is 43.9 Å². The van der Waals surface area contributed by atoms with Crippen LogP contribution in [0, 0.1) is 0 Å². The molecule has 2 heterocycles. The van der Waals surface area contributed by atoms with E-state index in [1.165, 1.54) is 23.8 Å². The molecule has 2 aliphatic rings. The third kappa shape index (κ3) is 2.75. The Morgan fingerprint density at radius 1 is 0.862 bits per heavy atom. The van der Waals surface area contributed by atoms with Gasteiger partial charge in [-0.2, -0.15) is 0 Å². The minimum atomic E-state index is -0.508. The summed E-state index contributed by atoms with van der Waals surface area (Å²) in [6.07, 6.45) is 2.90. The fraction of sp³-hybridized carbons (Fsp3) is 0.417. The first-order chi connectivity index (χ1) is 14.2. The van der Waals surface area contributed by atoms with Gasteiger partial charge in [0, 0.05) is 12.6 Å². The first-order valence-corrected chi connectivity index (χ1v) is 10.3. The molecule has 1 fully saturated rings. The highest BCUT2D eigenvalue weighted by Crippen LogP contribution is 2.47. The van der Waals surface area contributed by atoms with Gasteiger partial charge in [-0.05, 0) is 76.3 Å². The van der Waals surface area contributed by atoms with Gasteiger partial charge in [-0.3, -0.25) is 4.90 Å². The highest BCUT2D eigenvalue weighted by Gasteiger charge is 2.37. The van der Waals surface area contributed by atoms with Gasteiger partial charge in [-0.1, -0.05) is 12.5 Å². The maximum atomic E-state index is 11.5. The van der Waals surface area contributed by atoms with E-state index in [2.05, 4.69) is 17.0 Å². The van der Waals surface area contributed by atoms with Crippen LogP contribution in [0.25, 0.3) is 21.5 Å². The van der Waals surface area contributed by atoms with Crippen LogP contribution in [0.1, 0.15) is 36.5 Å². The number of hydrogen-bond acceptors (Lipinski definition) is 5. The predicted molar refractivity (Wildman–Crippen MR) is 114 cm³/mol. The number of fused-ring (bicyclic) bond motifs is 7. The van der Waals surface area contributed by atoms with E-state index in [0.29, 0.717) is 11.5 Å². The molecule has 0 aromatic heterocycles. The highest BCUT2D eigenvalue weighted by atomic mass is 16.5. The summed E-state index contributed by atoms with van der Waals surface area (Å²) in [5, 5.41) is 15.8. The van der Waals surface area contributed by atoms with Crippen molar-refractivity contribution >= 4 is 21.5 Å². The molecule has 0 radical (unpaired) electrons. The topological polar surface area (TPSA) is 51.2 Å². The average molecular weight is 393 g/mol. The molecule has 1 unspecified atom stereocenters. The number of rotatable bonds is 3. The summed E-state index contributed by atoms with van der Waals surface area (Å²) in [4.78, 5) is 2.45. The lowest BCUT2D eigenvalue weighted by Gasteiger charge is -2.44. The van der Waals surface area contributed by atoms with E-state index >= 15 is 0 Å². The first-order valence-electron chi connectivity index (χ1n) is 10.3. The van der Waals surface area contributed by atoms with Crippen LogP contribution in [0.5, 0.6) is 17.2 Å². The molecule has 0 amide bonds. The van der Waals surface area contributed by atoms with Crippen molar-refractivity contribution in [2.45, 2.75) is 38.0 Å². The van der Waals surface area contributed by atoms with E-state index in [0.717, 1.165) is 47.0 Å². The van der Waals surface area contributed by atoms with Crippen LogP contribution in [0.2, 0.25) is 0 Å². The molecule has 3 aromatic rings. The number of hydrogen-bond donors (Lipinski definition) is 1. The van der Waals surface area contributed by atoms with Crippen molar-refractivity contribution in [3.05, 3.63) is 41.5 Å². The number of aliphatic hydroxyl groups excluding tert-OH is 1. The van der Waals surface area contributed by atoms with Crippen LogP contribution in [-0.2, 0) is 6.54 Å². The lowest BCUT2D eigenvalue weighted by molar-refractivity contribution is 0.00754. The Hall–Kier alpha value is -2.50. The van der Waals surface area contributed by atoms with Crippen molar-refractivity contribution in [1.82, 2.24) is 4.90 Å². The van der Waals surface area contributed by atoms with E-state index in [1.807, 2.05) is 18.2 Å². The minimum absolute atomic E-state index is 0.184. The molecule has 29 heavy (non-hydrogen) atoms. The highest BCUT2D eigenvalue weighted by molar-refractivity contribution is 6.12. The van der Waals surface area contributed by atoms with Gasteiger partial charge in [0.1, 0.15) is 5.75 Å². The monoisotopic (exact) mass is 393 g/mol. The van der Waals surface area contributed by atoms with Crippen molar-refractivity contribution < 1.29 is 19.3 Å². The summed E-state index contributed by atoms with van der Waals surface area (Å²) < 4.78 is 16.7. The molecule has 0 spiro atoms. The van der Waals surface area contributed by atoms with Gasteiger partial charge in [0.2, 0.25) is 0 Å². The van der Waals surface area contributed by atoms with Crippen LogP contribution >= 0.6 is 0 Å². The lowest BCUT2D eigenvalue weighted by atomic mass is 9.80. The number of benzene rings is 3.